The van der Waals surface area contributed by atoms with Gasteiger partial charge in [0, 0.05) is 24.7 Å². The van der Waals surface area contributed by atoms with Crippen LogP contribution in [0, 0.1) is 5.92 Å². The number of thiophene rings is 1. The highest BCUT2D eigenvalue weighted by Crippen LogP contribution is 2.26. The van der Waals surface area contributed by atoms with Crippen LogP contribution >= 0.6 is 11.3 Å². The van der Waals surface area contributed by atoms with Gasteiger partial charge in [0.25, 0.3) is 0 Å². The Morgan fingerprint density at radius 2 is 2.24 bits per heavy atom. The van der Waals surface area contributed by atoms with Gasteiger partial charge in [-0.05, 0) is 52.8 Å². The second kappa shape index (κ2) is 5.45. The van der Waals surface area contributed by atoms with Crippen molar-refractivity contribution in [2.75, 3.05) is 6.54 Å². The van der Waals surface area contributed by atoms with E-state index < -0.39 is 0 Å². The molecule has 0 aliphatic carbocycles. The van der Waals surface area contributed by atoms with Crippen LogP contribution < -0.4 is 0 Å². The molecule has 2 aromatic heterocycles. The molecule has 4 rings (SSSR count). The van der Waals surface area contributed by atoms with Crippen LogP contribution in [-0.2, 0) is 6.54 Å². The van der Waals surface area contributed by atoms with Gasteiger partial charge in [-0.3, -0.25) is 9.67 Å². The summed E-state index contributed by atoms with van der Waals surface area (Å²) in [4.78, 5) is 4.32. The van der Waals surface area contributed by atoms with Gasteiger partial charge in [-0.15, -0.1) is 0 Å². The summed E-state index contributed by atoms with van der Waals surface area (Å²) in [5, 5.41) is 10.1. The number of fused-ring (bicyclic) bond motifs is 1. The van der Waals surface area contributed by atoms with Gasteiger partial charge in [0.2, 0.25) is 0 Å². The van der Waals surface area contributed by atoms with Crippen molar-refractivity contribution >= 4 is 28.5 Å². The summed E-state index contributed by atoms with van der Waals surface area (Å²) in [6.07, 6.45) is 6.40. The molecule has 3 nitrogen and oxygen atoms in total. The Bertz CT molecular complexity index is 771. The third-order valence-electron chi connectivity index (χ3n) is 4.16. The molecule has 3 aromatic rings. The normalized spacial score (nSPS) is 17.8. The smallest absolute Gasteiger partial charge is 0.0688 e. The minimum Gasteiger partial charge on any atom is -0.297 e. The molecule has 0 fully saturated rings. The van der Waals surface area contributed by atoms with E-state index in [1.807, 2.05) is 6.20 Å². The summed E-state index contributed by atoms with van der Waals surface area (Å²) < 4.78 is 2.14. The molecule has 3 heterocycles. The summed E-state index contributed by atoms with van der Waals surface area (Å²) in [7, 11) is 0. The molecule has 0 amide bonds. The second-order valence-electron chi connectivity index (χ2n) is 5.55. The Balaban J connectivity index is 1.62. The van der Waals surface area contributed by atoms with Crippen molar-refractivity contribution in [2.24, 2.45) is 10.9 Å². The van der Waals surface area contributed by atoms with E-state index in [2.05, 4.69) is 56.0 Å². The first-order chi connectivity index (χ1) is 10.4. The fourth-order valence-corrected chi connectivity index (χ4v) is 3.57. The number of aryl methyl sites for hydroxylation is 1. The summed E-state index contributed by atoms with van der Waals surface area (Å²) in [5.74, 6) is 0.629. The van der Waals surface area contributed by atoms with Gasteiger partial charge in [-0.2, -0.15) is 16.4 Å². The maximum absolute atomic E-state index is 4.55. The molecule has 0 radical (unpaired) electrons. The Morgan fingerprint density at radius 1 is 1.24 bits per heavy atom. The standard InChI is InChI=1S/C17H17N3S/c1-2-15-11-19-20(7-4-13-3-6-18-10-13)17(15)9-14(1)16-5-8-21-12-16/h1-2,5,8-13H,3-4,6-7H2. The third-order valence-corrected chi connectivity index (χ3v) is 4.84. The van der Waals surface area contributed by atoms with Gasteiger partial charge in [0.15, 0.2) is 0 Å². The monoisotopic (exact) mass is 295 g/mol. The van der Waals surface area contributed by atoms with Crippen molar-refractivity contribution in [3.05, 3.63) is 41.2 Å². The molecule has 1 unspecified atom stereocenters. The van der Waals surface area contributed by atoms with Crippen LogP contribution in [0.2, 0.25) is 0 Å². The molecule has 1 aliphatic rings. The maximum atomic E-state index is 4.55. The zero-order valence-corrected chi connectivity index (χ0v) is 12.6. The minimum absolute atomic E-state index is 0.629. The second-order valence-corrected chi connectivity index (χ2v) is 6.33. The van der Waals surface area contributed by atoms with E-state index in [-0.39, 0.29) is 0 Å². The van der Waals surface area contributed by atoms with Crippen molar-refractivity contribution in [1.82, 2.24) is 9.78 Å². The third kappa shape index (κ3) is 2.51. The summed E-state index contributed by atoms with van der Waals surface area (Å²) >= 11 is 1.74. The fraction of sp³-hybridized carbons (Fsp3) is 0.294. The number of nitrogens with zero attached hydrogens (tertiary/aromatic N) is 3. The molecule has 0 saturated carbocycles. The SMILES string of the molecule is C1=NCCC1CCn1ncc2ccc(-c3ccsc3)cc21. The zero-order valence-electron chi connectivity index (χ0n) is 11.8. The number of aliphatic imine (C=N–C) groups is 1. The molecular formula is C17H17N3S. The molecule has 0 bridgehead atoms. The lowest BCUT2D eigenvalue weighted by Crippen LogP contribution is -2.06. The number of aromatic nitrogens is 2. The summed E-state index contributed by atoms with van der Waals surface area (Å²) in [6, 6.07) is 8.78. The minimum atomic E-state index is 0.629. The highest BCUT2D eigenvalue weighted by atomic mass is 32.1. The average Bonchev–Trinajstić information content (AvgIpc) is 3.25. The lowest BCUT2D eigenvalue weighted by molar-refractivity contribution is 0.522. The van der Waals surface area contributed by atoms with Crippen LogP contribution in [-0.4, -0.2) is 22.5 Å². The molecule has 1 aliphatic heterocycles. The zero-order chi connectivity index (χ0) is 14.1. The number of rotatable bonds is 4. The molecular weight excluding hydrogens is 278 g/mol. The van der Waals surface area contributed by atoms with Gasteiger partial charge in [-0.25, -0.2) is 0 Å². The van der Waals surface area contributed by atoms with E-state index in [0.29, 0.717) is 5.92 Å². The number of benzene rings is 1. The number of hydrogen-bond donors (Lipinski definition) is 0. The highest BCUT2D eigenvalue weighted by molar-refractivity contribution is 7.08. The summed E-state index contributed by atoms with van der Waals surface area (Å²) in [6.45, 7) is 1.96. The molecule has 106 valence electrons. The van der Waals surface area contributed by atoms with Crippen LogP contribution in [0.3, 0.4) is 0 Å². The Labute approximate surface area is 127 Å². The van der Waals surface area contributed by atoms with Crippen LogP contribution in [0.5, 0.6) is 0 Å². The van der Waals surface area contributed by atoms with E-state index in [0.717, 1.165) is 19.5 Å². The van der Waals surface area contributed by atoms with Crippen LogP contribution in [0.1, 0.15) is 12.8 Å². The quantitative estimate of drug-likeness (QED) is 0.708. The van der Waals surface area contributed by atoms with Gasteiger partial charge in [-0.1, -0.05) is 12.1 Å². The summed E-state index contributed by atoms with van der Waals surface area (Å²) in [5.41, 5.74) is 3.79. The van der Waals surface area contributed by atoms with E-state index >= 15 is 0 Å². The van der Waals surface area contributed by atoms with Crippen molar-refractivity contribution < 1.29 is 0 Å². The van der Waals surface area contributed by atoms with Gasteiger partial charge >= 0.3 is 0 Å². The van der Waals surface area contributed by atoms with Gasteiger partial charge in [0.1, 0.15) is 0 Å². The molecule has 1 aromatic carbocycles. The predicted octanol–water partition coefficient (Wildman–Crippen LogP) is 4.25. The molecule has 0 spiro atoms. The number of hydrogen-bond acceptors (Lipinski definition) is 3. The first-order valence-electron chi connectivity index (χ1n) is 7.38. The molecule has 21 heavy (non-hydrogen) atoms. The Hall–Kier alpha value is -1.94. The topological polar surface area (TPSA) is 30.2 Å². The van der Waals surface area contributed by atoms with Gasteiger partial charge in [0.05, 0.1) is 11.7 Å². The molecule has 0 saturated heterocycles. The fourth-order valence-electron chi connectivity index (χ4n) is 2.90. The van der Waals surface area contributed by atoms with Gasteiger partial charge < -0.3 is 0 Å². The van der Waals surface area contributed by atoms with Crippen molar-refractivity contribution in [1.29, 1.82) is 0 Å². The predicted molar refractivity (Wildman–Crippen MR) is 89.1 cm³/mol. The highest BCUT2D eigenvalue weighted by Gasteiger charge is 2.12. The Kier molecular flexibility index (Phi) is 3.31. The molecule has 4 heteroatoms. The van der Waals surface area contributed by atoms with Crippen LogP contribution in [0.15, 0.2) is 46.2 Å². The first-order valence-corrected chi connectivity index (χ1v) is 8.32. The van der Waals surface area contributed by atoms with E-state index in [9.17, 15) is 0 Å². The van der Waals surface area contributed by atoms with E-state index in [4.69, 9.17) is 0 Å². The van der Waals surface area contributed by atoms with Crippen LogP contribution in [0.4, 0.5) is 0 Å². The van der Waals surface area contributed by atoms with Crippen molar-refractivity contribution in [3.63, 3.8) is 0 Å². The first kappa shape index (κ1) is 12.8. The largest absolute Gasteiger partial charge is 0.297 e. The maximum Gasteiger partial charge on any atom is 0.0688 e. The van der Waals surface area contributed by atoms with Crippen molar-refractivity contribution in [3.8, 4) is 11.1 Å². The lowest BCUT2D eigenvalue weighted by atomic mass is 10.1. The van der Waals surface area contributed by atoms with Crippen LogP contribution in [0.25, 0.3) is 22.0 Å². The van der Waals surface area contributed by atoms with Crippen molar-refractivity contribution in [2.45, 2.75) is 19.4 Å². The average molecular weight is 295 g/mol. The molecule has 1 atom stereocenters. The Morgan fingerprint density at radius 3 is 3.05 bits per heavy atom. The molecule has 0 N–H and O–H groups in total. The lowest BCUT2D eigenvalue weighted by Gasteiger charge is -2.08. The van der Waals surface area contributed by atoms with E-state index in [1.165, 1.54) is 28.5 Å². The van der Waals surface area contributed by atoms with E-state index in [1.54, 1.807) is 11.3 Å².